The molecule has 0 bridgehead atoms. The zero-order chi connectivity index (χ0) is 11.0. The van der Waals surface area contributed by atoms with E-state index in [-0.39, 0.29) is 0 Å². The lowest BCUT2D eigenvalue weighted by atomic mass is 10.1. The number of fused-ring (bicyclic) bond motifs is 1. The van der Waals surface area contributed by atoms with Gasteiger partial charge in [0, 0.05) is 25.2 Å². The second-order valence-corrected chi connectivity index (χ2v) is 4.84. The lowest BCUT2D eigenvalue weighted by molar-refractivity contribution is 0.617. The van der Waals surface area contributed by atoms with Crippen LogP contribution in [0.1, 0.15) is 12.5 Å². The number of hydrogen-bond acceptors (Lipinski definition) is 2. The molecule has 15 heavy (non-hydrogen) atoms. The van der Waals surface area contributed by atoms with E-state index < -0.39 is 0 Å². The molecule has 1 aliphatic heterocycles. The average Bonchev–Trinajstić information content (AvgIpc) is 2.32. The summed E-state index contributed by atoms with van der Waals surface area (Å²) in [5.41, 5.74) is 3.61. The Labute approximate surface area is 96.2 Å². The molecule has 0 radical (unpaired) electrons. The number of halogens is 1. The molecule has 0 aromatic heterocycles. The molecule has 3 heteroatoms. The third-order valence-electron chi connectivity index (χ3n) is 2.97. The third-order valence-corrected chi connectivity index (χ3v) is 3.38. The van der Waals surface area contributed by atoms with Crippen molar-refractivity contribution in [3.05, 3.63) is 22.7 Å². The van der Waals surface area contributed by atoms with Crippen LogP contribution in [0, 0.1) is 12.8 Å². The van der Waals surface area contributed by atoms with Crippen molar-refractivity contribution in [1.82, 2.24) is 0 Å². The summed E-state index contributed by atoms with van der Waals surface area (Å²) in [6, 6.07) is 4.03. The van der Waals surface area contributed by atoms with E-state index in [9.17, 15) is 0 Å². The smallest absolute Gasteiger partial charge is 0.0644 e. The average molecular weight is 225 g/mol. The van der Waals surface area contributed by atoms with Crippen molar-refractivity contribution in [1.29, 1.82) is 0 Å². The summed E-state index contributed by atoms with van der Waals surface area (Å²) in [5.74, 6) is 0.653. The van der Waals surface area contributed by atoms with Crippen molar-refractivity contribution in [3.63, 3.8) is 0 Å². The minimum atomic E-state index is 0.653. The maximum atomic E-state index is 6.15. The zero-order valence-corrected chi connectivity index (χ0v) is 10.2. The van der Waals surface area contributed by atoms with E-state index in [0.29, 0.717) is 5.92 Å². The molecule has 1 atom stereocenters. The first kappa shape index (κ1) is 10.6. The highest BCUT2D eigenvalue weighted by Crippen LogP contribution is 2.35. The summed E-state index contributed by atoms with van der Waals surface area (Å²) in [5, 5.41) is 4.32. The van der Waals surface area contributed by atoms with Crippen molar-refractivity contribution in [2.75, 3.05) is 30.4 Å². The Hall–Kier alpha value is -0.890. The molecular formula is C12H17ClN2. The lowest BCUT2D eigenvalue weighted by Crippen LogP contribution is -2.24. The van der Waals surface area contributed by atoms with Crippen LogP contribution in [0.15, 0.2) is 12.1 Å². The monoisotopic (exact) mass is 224 g/mol. The van der Waals surface area contributed by atoms with E-state index in [0.717, 1.165) is 18.1 Å². The highest BCUT2D eigenvalue weighted by Gasteiger charge is 2.18. The van der Waals surface area contributed by atoms with Crippen molar-refractivity contribution in [3.8, 4) is 0 Å². The van der Waals surface area contributed by atoms with Crippen LogP contribution in [0.3, 0.4) is 0 Å². The molecule has 2 rings (SSSR count). The second-order valence-electron chi connectivity index (χ2n) is 4.44. The van der Waals surface area contributed by atoms with Crippen LogP contribution in [0.5, 0.6) is 0 Å². The molecule has 0 saturated heterocycles. The van der Waals surface area contributed by atoms with Gasteiger partial charge in [0.1, 0.15) is 0 Å². The van der Waals surface area contributed by atoms with Crippen LogP contribution < -0.4 is 10.2 Å². The van der Waals surface area contributed by atoms with E-state index in [1.807, 2.05) is 6.07 Å². The molecule has 1 aliphatic rings. The van der Waals surface area contributed by atoms with Gasteiger partial charge in [-0.3, -0.25) is 0 Å². The van der Waals surface area contributed by atoms with Crippen LogP contribution in [-0.2, 0) is 0 Å². The fourth-order valence-corrected chi connectivity index (χ4v) is 2.37. The largest absolute Gasteiger partial charge is 0.383 e. The molecule has 0 fully saturated rings. The van der Waals surface area contributed by atoms with Gasteiger partial charge in [0.25, 0.3) is 0 Å². The highest BCUT2D eigenvalue weighted by atomic mass is 35.5. The van der Waals surface area contributed by atoms with Crippen molar-refractivity contribution < 1.29 is 0 Å². The van der Waals surface area contributed by atoms with Gasteiger partial charge in [-0.1, -0.05) is 18.5 Å². The van der Waals surface area contributed by atoms with E-state index in [2.05, 4.69) is 37.2 Å². The summed E-state index contributed by atoms with van der Waals surface area (Å²) in [6.45, 7) is 6.43. The number of hydrogen-bond donors (Lipinski definition) is 1. The van der Waals surface area contributed by atoms with E-state index in [1.165, 1.54) is 16.9 Å². The van der Waals surface area contributed by atoms with E-state index in [4.69, 9.17) is 11.6 Å². The van der Waals surface area contributed by atoms with Gasteiger partial charge in [-0.05, 0) is 30.5 Å². The first-order valence-electron chi connectivity index (χ1n) is 5.33. The Bertz CT molecular complexity index is 376. The molecule has 1 aromatic rings. The summed E-state index contributed by atoms with van der Waals surface area (Å²) in [4.78, 5) is 2.29. The maximum absolute atomic E-state index is 6.15. The Morgan fingerprint density at radius 2 is 2.20 bits per heavy atom. The van der Waals surface area contributed by atoms with Gasteiger partial charge in [0.05, 0.1) is 11.4 Å². The van der Waals surface area contributed by atoms with Gasteiger partial charge in [-0.25, -0.2) is 0 Å². The molecule has 82 valence electrons. The molecular weight excluding hydrogens is 208 g/mol. The quantitative estimate of drug-likeness (QED) is 0.729. The van der Waals surface area contributed by atoms with Gasteiger partial charge < -0.3 is 10.2 Å². The van der Waals surface area contributed by atoms with Crippen LogP contribution in [0.2, 0.25) is 5.02 Å². The standard InChI is InChI=1S/C12H17ClN2/c1-8-6-14-11-5-4-10(13)9(2)12(11)15(3)7-8/h4-5,8,14H,6-7H2,1-3H3. The minimum absolute atomic E-state index is 0.653. The second kappa shape index (κ2) is 3.93. The Morgan fingerprint density at radius 3 is 2.93 bits per heavy atom. The summed E-state index contributed by atoms with van der Waals surface area (Å²) < 4.78 is 0. The topological polar surface area (TPSA) is 15.3 Å². The third kappa shape index (κ3) is 1.91. The predicted octanol–water partition coefficient (Wildman–Crippen LogP) is 3.15. The number of nitrogens with zero attached hydrogens (tertiary/aromatic N) is 1. The first-order chi connectivity index (χ1) is 7.09. The highest BCUT2D eigenvalue weighted by molar-refractivity contribution is 6.32. The maximum Gasteiger partial charge on any atom is 0.0644 e. The molecule has 1 unspecified atom stereocenters. The summed E-state index contributed by atoms with van der Waals surface area (Å²) >= 11 is 6.15. The Kier molecular flexibility index (Phi) is 2.79. The number of nitrogens with one attached hydrogen (secondary N) is 1. The van der Waals surface area contributed by atoms with E-state index in [1.54, 1.807) is 0 Å². The molecule has 1 aromatic carbocycles. The predicted molar refractivity (Wildman–Crippen MR) is 67.1 cm³/mol. The summed E-state index contributed by atoms with van der Waals surface area (Å²) in [6.07, 6.45) is 0. The Balaban J connectivity index is 2.50. The molecule has 0 aliphatic carbocycles. The van der Waals surface area contributed by atoms with Gasteiger partial charge in [0.2, 0.25) is 0 Å². The van der Waals surface area contributed by atoms with Crippen LogP contribution in [0.25, 0.3) is 0 Å². The molecule has 0 amide bonds. The Morgan fingerprint density at radius 1 is 1.47 bits per heavy atom. The van der Waals surface area contributed by atoms with Crippen LogP contribution in [-0.4, -0.2) is 20.1 Å². The van der Waals surface area contributed by atoms with Crippen molar-refractivity contribution in [2.45, 2.75) is 13.8 Å². The zero-order valence-electron chi connectivity index (χ0n) is 9.47. The normalized spacial score (nSPS) is 20.5. The minimum Gasteiger partial charge on any atom is -0.383 e. The fraction of sp³-hybridized carbons (Fsp3) is 0.500. The molecule has 1 N–H and O–H groups in total. The van der Waals surface area contributed by atoms with Gasteiger partial charge in [-0.2, -0.15) is 0 Å². The SMILES string of the molecule is Cc1c(Cl)ccc2c1N(C)CC(C)CN2. The van der Waals surface area contributed by atoms with Gasteiger partial charge in [-0.15, -0.1) is 0 Å². The lowest BCUT2D eigenvalue weighted by Gasteiger charge is -2.23. The first-order valence-corrected chi connectivity index (χ1v) is 5.71. The number of benzene rings is 1. The molecule has 0 spiro atoms. The van der Waals surface area contributed by atoms with Gasteiger partial charge >= 0.3 is 0 Å². The fourth-order valence-electron chi connectivity index (χ4n) is 2.22. The molecule has 0 saturated carbocycles. The van der Waals surface area contributed by atoms with Crippen LogP contribution >= 0.6 is 11.6 Å². The molecule has 2 nitrogen and oxygen atoms in total. The van der Waals surface area contributed by atoms with Crippen LogP contribution in [0.4, 0.5) is 11.4 Å². The van der Waals surface area contributed by atoms with Gasteiger partial charge in [0.15, 0.2) is 0 Å². The van der Waals surface area contributed by atoms with Crippen molar-refractivity contribution in [2.24, 2.45) is 5.92 Å². The van der Waals surface area contributed by atoms with E-state index >= 15 is 0 Å². The van der Waals surface area contributed by atoms with Crippen molar-refractivity contribution >= 4 is 23.0 Å². The summed E-state index contributed by atoms with van der Waals surface area (Å²) in [7, 11) is 2.13. The molecule has 1 heterocycles. The number of anilines is 2. The number of rotatable bonds is 0.